The van der Waals surface area contributed by atoms with Crippen LogP contribution in [0.25, 0.3) is 0 Å². The first-order valence-electron chi connectivity index (χ1n) is 6.49. The minimum absolute atomic E-state index is 0.160. The fourth-order valence-electron chi connectivity index (χ4n) is 2.06. The van der Waals surface area contributed by atoms with Gasteiger partial charge in [0, 0.05) is 24.5 Å². The number of benzene rings is 1. The number of halogens is 1. The van der Waals surface area contributed by atoms with Crippen molar-refractivity contribution in [2.45, 2.75) is 26.4 Å². The highest BCUT2D eigenvalue weighted by Gasteiger charge is 2.16. The van der Waals surface area contributed by atoms with Gasteiger partial charge in [-0.2, -0.15) is 0 Å². The topological polar surface area (TPSA) is 60.0 Å². The number of nitrogens with zero attached hydrogens (tertiary/aromatic N) is 1. The van der Waals surface area contributed by atoms with Gasteiger partial charge in [0.15, 0.2) is 0 Å². The number of para-hydroxylation sites is 1. The van der Waals surface area contributed by atoms with E-state index in [2.05, 4.69) is 5.32 Å². The van der Waals surface area contributed by atoms with Crippen molar-refractivity contribution >= 4 is 23.2 Å². The summed E-state index contributed by atoms with van der Waals surface area (Å²) in [7, 11) is 0. The number of nitrogens with two attached hydrogens (primary N) is 1. The molecule has 0 bridgehead atoms. The van der Waals surface area contributed by atoms with E-state index in [-0.39, 0.29) is 11.9 Å². The second kappa shape index (κ2) is 6.11. The van der Waals surface area contributed by atoms with E-state index in [0.29, 0.717) is 17.3 Å². The predicted octanol–water partition coefficient (Wildman–Crippen LogP) is 3.43. The third-order valence-corrected chi connectivity index (χ3v) is 3.30. The Hall–Kier alpha value is -1.78. The number of rotatable bonds is 4. The van der Waals surface area contributed by atoms with Crippen molar-refractivity contribution < 1.29 is 4.79 Å². The fourth-order valence-corrected chi connectivity index (χ4v) is 2.27. The van der Waals surface area contributed by atoms with Crippen molar-refractivity contribution in [3.8, 4) is 0 Å². The van der Waals surface area contributed by atoms with Gasteiger partial charge in [0.1, 0.15) is 5.69 Å². The minimum atomic E-state index is -0.188. The van der Waals surface area contributed by atoms with Gasteiger partial charge in [-0.05, 0) is 31.5 Å². The maximum atomic E-state index is 12.4. The summed E-state index contributed by atoms with van der Waals surface area (Å²) >= 11 is 5.99. The first kappa shape index (κ1) is 14.6. The van der Waals surface area contributed by atoms with E-state index in [1.165, 1.54) is 0 Å². The lowest BCUT2D eigenvalue weighted by atomic mass is 10.1. The van der Waals surface area contributed by atoms with Crippen LogP contribution < -0.4 is 11.1 Å². The van der Waals surface area contributed by atoms with E-state index in [0.717, 1.165) is 11.3 Å². The molecule has 0 aliphatic heterocycles. The third-order valence-electron chi connectivity index (χ3n) is 3.09. The van der Waals surface area contributed by atoms with Crippen molar-refractivity contribution in [3.05, 3.63) is 52.8 Å². The molecule has 0 radical (unpaired) electrons. The molecule has 106 valence electrons. The van der Waals surface area contributed by atoms with Crippen molar-refractivity contribution in [1.82, 2.24) is 4.57 Å². The van der Waals surface area contributed by atoms with Crippen molar-refractivity contribution in [1.29, 1.82) is 0 Å². The summed E-state index contributed by atoms with van der Waals surface area (Å²) in [6, 6.07) is 9.32. The quantitative estimate of drug-likeness (QED) is 0.906. The molecule has 2 aromatic rings. The predicted molar refractivity (Wildman–Crippen MR) is 82.1 cm³/mol. The van der Waals surface area contributed by atoms with Crippen LogP contribution in [0.15, 0.2) is 36.5 Å². The molecular formula is C15H18ClN3O. The van der Waals surface area contributed by atoms with Crippen molar-refractivity contribution in [3.63, 3.8) is 0 Å². The molecule has 1 amide bonds. The van der Waals surface area contributed by atoms with Crippen LogP contribution in [0.4, 0.5) is 5.69 Å². The SMILES string of the molecule is CC(C)n1cc(Cl)cc1C(=O)Nc1ccccc1CN. The lowest BCUT2D eigenvalue weighted by molar-refractivity contribution is 0.101. The molecule has 0 aliphatic rings. The average Bonchev–Trinajstić information content (AvgIpc) is 2.82. The average molecular weight is 292 g/mol. The molecule has 0 saturated carbocycles. The first-order chi connectivity index (χ1) is 9.52. The van der Waals surface area contributed by atoms with Crippen LogP contribution in [0.2, 0.25) is 5.02 Å². The molecule has 0 atom stereocenters. The minimum Gasteiger partial charge on any atom is -0.339 e. The van der Waals surface area contributed by atoms with Gasteiger partial charge in [-0.1, -0.05) is 29.8 Å². The third kappa shape index (κ3) is 3.03. The Labute approximate surface area is 123 Å². The Morgan fingerprint density at radius 1 is 1.40 bits per heavy atom. The van der Waals surface area contributed by atoms with Crippen LogP contribution in [0.3, 0.4) is 0 Å². The van der Waals surface area contributed by atoms with Crippen LogP contribution in [0.1, 0.15) is 35.9 Å². The lowest BCUT2D eigenvalue weighted by Crippen LogP contribution is -2.19. The Bertz CT molecular complexity index is 619. The second-order valence-corrected chi connectivity index (χ2v) is 5.30. The van der Waals surface area contributed by atoms with Crippen molar-refractivity contribution in [2.75, 3.05) is 5.32 Å². The van der Waals surface area contributed by atoms with Crippen LogP contribution in [-0.4, -0.2) is 10.5 Å². The van der Waals surface area contributed by atoms with E-state index in [1.54, 1.807) is 12.3 Å². The standard InChI is InChI=1S/C15H18ClN3O/c1-10(2)19-9-12(16)7-14(19)15(20)18-13-6-4-3-5-11(13)8-17/h3-7,9-10H,8,17H2,1-2H3,(H,18,20). The normalized spacial score (nSPS) is 10.8. The Morgan fingerprint density at radius 2 is 2.10 bits per heavy atom. The van der Waals surface area contributed by atoms with Gasteiger partial charge in [-0.3, -0.25) is 4.79 Å². The van der Waals surface area contributed by atoms with Crippen LogP contribution in [0.5, 0.6) is 0 Å². The summed E-state index contributed by atoms with van der Waals surface area (Å²) in [5.74, 6) is -0.188. The summed E-state index contributed by atoms with van der Waals surface area (Å²) in [6.07, 6.45) is 1.76. The molecular weight excluding hydrogens is 274 g/mol. The Balaban J connectivity index is 2.28. The molecule has 0 fully saturated rings. The van der Waals surface area contributed by atoms with Gasteiger partial charge in [-0.25, -0.2) is 0 Å². The first-order valence-corrected chi connectivity index (χ1v) is 6.87. The molecule has 1 aromatic heterocycles. The molecule has 4 nitrogen and oxygen atoms in total. The van der Waals surface area contributed by atoms with E-state index in [9.17, 15) is 4.79 Å². The van der Waals surface area contributed by atoms with Gasteiger partial charge in [-0.15, -0.1) is 0 Å². The van der Waals surface area contributed by atoms with Gasteiger partial charge in [0.2, 0.25) is 0 Å². The number of hydrogen-bond acceptors (Lipinski definition) is 2. The van der Waals surface area contributed by atoms with Gasteiger partial charge in [0.05, 0.1) is 5.02 Å². The van der Waals surface area contributed by atoms with Crippen LogP contribution in [-0.2, 0) is 6.54 Å². The second-order valence-electron chi connectivity index (χ2n) is 4.86. The monoisotopic (exact) mass is 291 g/mol. The fraction of sp³-hybridized carbons (Fsp3) is 0.267. The maximum Gasteiger partial charge on any atom is 0.272 e. The number of amides is 1. The van der Waals surface area contributed by atoms with Gasteiger partial charge >= 0.3 is 0 Å². The molecule has 20 heavy (non-hydrogen) atoms. The zero-order valence-electron chi connectivity index (χ0n) is 11.6. The molecule has 3 N–H and O–H groups in total. The molecule has 0 spiro atoms. The molecule has 5 heteroatoms. The number of aromatic nitrogens is 1. The summed E-state index contributed by atoms with van der Waals surface area (Å²) in [5, 5.41) is 3.44. The molecule has 2 rings (SSSR count). The molecule has 1 aromatic carbocycles. The smallest absolute Gasteiger partial charge is 0.272 e. The van der Waals surface area contributed by atoms with E-state index >= 15 is 0 Å². The molecule has 0 saturated heterocycles. The molecule has 0 aliphatic carbocycles. The molecule has 1 heterocycles. The maximum absolute atomic E-state index is 12.4. The number of hydrogen-bond donors (Lipinski definition) is 2. The van der Waals surface area contributed by atoms with Gasteiger partial charge in [0.25, 0.3) is 5.91 Å². The zero-order valence-corrected chi connectivity index (χ0v) is 12.3. The van der Waals surface area contributed by atoms with Gasteiger partial charge < -0.3 is 15.6 Å². The highest BCUT2D eigenvalue weighted by molar-refractivity contribution is 6.31. The van der Waals surface area contributed by atoms with Crippen LogP contribution in [0, 0.1) is 0 Å². The summed E-state index contributed by atoms with van der Waals surface area (Å²) < 4.78 is 1.85. The van der Waals surface area contributed by atoms with Crippen LogP contribution >= 0.6 is 11.6 Å². The zero-order chi connectivity index (χ0) is 14.7. The van der Waals surface area contributed by atoms with E-state index < -0.39 is 0 Å². The summed E-state index contributed by atoms with van der Waals surface area (Å²) in [6.45, 7) is 4.38. The Morgan fingerprint density at radius 3 is 2.75 bits per heavy atom. The lowest BCUT2D eigenvalue weighted by Gasteiger charge is -2.14. The summed E-state index contributed by atoms with van der Waals surface area (Å²) in [5.41, 5.74) is 7.84. The number of anilines is 1. The number of carbonyl (C=O) groups is 1. The Kier molecular flexibility index (Phi) is 4.47. The molecule has 0 unspecified atom stereocenters. The van der Waals surface area contributed by atoms with Crippen molar-refractivity contribution in [2.24, 2.45) is 5.73 Å². The highest BCUT2D eigenvalue weighted by atomic mass is 35.5. The van der Waals surface area contributed by atoms with E-state index in [4.69, 9.17) is 17.3 Å². The van der Waals surface area contributed by atoms with E-state index in [1.807, 2.05) is 42.7 Å². The largest absolute Gasteiger partial charge is 0.339 e. The number of carbonyl (C=O) groups excluding carboxylic acids is 1. The number of nitrogens with one attached hydrogen (secondary N) is 1. The highest BCUT2D eigenvalue weighted by Crippen LogP contribution is 2.21. The summed E-state index contributed by atoms with van der Waals surface area (Å²) in [4.78, 5) is 12.4.